The van der Waals surface area contributed by atoms with Gasteiger partial charge in [-0.2, -0.15) is 0 Å². The van der Waals surface area contributed by atoms with Crippen LogP contribution >= 0.6 is 22.9 Å². The molecular formula is C27H26ClN3O2S. The van der Waals surface area contributed by atoms with E-state index in [1.807, 2.05) is 48.5 Å². The maximum atomic E-state index is 13.2. The van der Waals surface area contributed by atoms with E-state index in [4.69, 9.17) is 16.3 Å². The lowest BCUT2D eigenvalue weighted by Crippen LogP contribution is -2.43. The number of aromatic nitrogens is 2. The van der Waals surface area contributed by atoms with Gasteiger partial charge in [0.25, 0.3) is 5.56 Å². The van der Waals surface area contributed by atoms with Crippen LogP contribution in [0.25, 0.3) is 20.7 Å². The fourth-order valence-electron chi connectivity index (χ4n) is 5.38. The van der Waals surface area contributed by atoms with Gasteiger partial charge in [0.2, 0.25) is 0 Å². The van der Waals surface area contributed by atoms with E-state index in [-0.39, 0.29) is 11.7 Å². The van der Waals surface area contributed by atoms with Crippen molar-refractivity contribution in [3.63, 3.8) is 0 Å². The quantitative estimate of drug-likeness (QED) is 0.352. The van der Waals surface area contributed by atoms with E-state index < -0.39 is 0 Å². The standard InChI is InChI=1S/C27H26ClN3O2S/c1-30-20-9-10-21(30)13-23(12-20)33-22-4-2-3-17(11-22)15-31-16-29-24-14-25(34-26(24)27(31)32)18-5-7-19(28)8-6-18/h2-8,11,14,16,20-21,23H,9-10,12-13,15H2,1H3/t20-,21+,23-. The van der Waals surface area contributed by atoms with E-state index >= 15 is 0 Å². The number of ether oxygens (including phenoxy) is 1. The van der Waals surface area contributed by atoms with Gasteiger partial charge in [-0.1, -0.05) is 35.9 Å². The van der Waals surface area contributed by atoms with Crippen LogP contribution in [-0.4, -0.2) is 39.7 Å². The normalized spacial score (nSPS) is 22.4. The molecule has 2 aromatic carbocycles. The second kappa shape index (κ2) is 8.84. The Morgan fingerprint density at radius 3 is 2.62 bits per heavy atom. The molecule has 4 aromatic rings. The Hall–Kier alpha value is -2.67. The summed E-state index contributed by atoms with van der Waals surface area (Å²) in [4.78, 5) is 21.3. The van der Waals surface area contributed by atoms with Crippen LogP contribution in [0.15, 0.2) is 65.7 Å². The number of benzene rings is 2. The molecule has 2 aromatic heterocycles. The summed E-state index contributed by atoms with van der Waals surface area (Å²) in [6.45, 7) is 0.464. The molecule has 2 fully saturated rings. The Balaban J connectivity index is 1.21. The van der Waals surface area contributed by atoms with E-state index in [1.165, 1.54) is 24.2 Å². The molecule has 5 nitrogen and oxygen atoms in total. The van der Waals surface area contributed by atoms with Crippen LogP contribution in [0, 0.1) is 0 Å². The Bertz CT molecular complexity index is 1380. The molecule has 4 heterocycles. The van der Waals surface area contributed by atoms with Crippen molar-refractivity contribution < 1.29 is 4.74 Å². The molecule has 2 aliphatic heterocycles. The van der Waals surface area contributed by atoms with Crippen LogP contribution in [-0.2, 0) is 6.54 Å². The molecule has 2 saturated heterocycles. The lowest BCUT2D eigenvalue weighted by Gasteiger charge is -2.36. The molecule has 2 aliphatic rings. The van der Waals surface area contributed by atoms with Crippen LogP contribution in [0.1, 0.15) is 31.2 Å². The van der Waals surface area contributed by atoms with Gasteiger partial charge in [0, 0.05) is 22.0 Å². The van der Waals surface area contributed by atoms with E-state index in [9.17, 15) is 4.79 Å². The van der Waals surface area contributed by atoms with Crippen molar-refractivity contribution in [1.29, 1.82) is 0 Å². The zero-order chi connectivity index (χ0) is 23.2. The van der Waals surface area contributed by atoms with Gasteiger partial charge >= 0.3 is 0 Å². The number of hydrogen-bond acceptors (Lipinski definition) is 5. The van der Waals surface area contributed by atoms with Crippen LogP contribution in [0.5, 0.6) is 5.75 Å². The summed E-state index contributed by atoms with van der Waals surface area (Å²) in [5, 5.41) is 0.694. The molecule has 6 rings (SSSR count). The summed E-state index contributed by atoms with van der Waals surface area (Å²) in [7, 11) is 2.24. The number of fused-ring (bicyclic) bond motifs is 3. The highest BCUT2D eigenvalue weighted by Gasteiger charge is 2.39. The van der Waals surface area contributed by atoms with Crippen molar-refractivity contribution in [2.24, 2.45) is 0 Å². The predicted molar refractivity (Wildman–Crippen MR) is 138 cm³/mol. The zero-order valence-electron chi connectivity index (χ0n) is 19.0. The molecule has 34 heavy (non-hydrogen) atoms. The monoisotopic (exact) mass is 491 g/mol. The van der Waals surface area contributed by atoms with Gasteiger partial charge < -0.3 is 9.64 Å². The molecule has 0 spiro atoms. The highest BCUT2D eigenvalue weighted by Crippen LogP contribution is 2.36. The second-order valence-electron chi connectivity index (χ2n) is 9.42. The molecule has 0 saturated carbocycles. The zero-order valence-corrected chi connectivity index (χ0v) is 20.6. The Morgan fingerprint density at radius 1 is 1.09 bits per heavy atom. The topological polar surface area (TPSA) is 47.4 Å². The van der Waals surface area contributed by atoms with Gasteiger partial charge in [-0.25, -0.2) is 4.98 Å². The van der Waals surface area contributed by atoms with Crippen molar-refractivity contribution in [2.45, 2.75) is 50.4 Å². The van der Waals surface area contributed by atoms with E-state index in [1.54, 1.807) is 10.9 Å². The van der Waals surface area contributed by atoms with Crippen molar-refractivity contribution in [1.82, 2.24) is 14.5 Å². The lowest BCUT2D eigenvalue weighted by atomic mass is 10.0. The minimum Gasteiger partial charge on any atom is -0.490 e. The Labute approximate surface area is 207 Å². The predicted octanol–water partition coefficient (Wildman–Crippen LogP) is 5.83. The molecular weight excluding hydrogens is 466 g/mol. The molecule has 3 atom stereocenters. The minimum atomic E-state index is -0.0200. The van der Waals surface area contributed by atoms with Gasteiger partial charge in [-0.3, -0.25) is 9.36 Å². The average molecular weight is 492 g/mol. The minimum absolute atomic E-state index is 0.0200. The largest absolute Gasteiger partial charge is 0.490 e. The Morgan fingerprint density at radius 2 is 1.85 bits per heavy atom. The number of nitrogens with zero attached hydrogens (tertiary/aromatic N) is 3. The van der Waals surface area contributed by atoms with Crippen molar-refractivity contribution in [3.8, 4) is 16.2 Å². The summed E-state index contributed by atoms with van der Waals surface area (Å²) in [6, 6.07) is 19.0. The molecule has 2 bridgehead atoms. The van der Waals surface area contributed by atoms with E-state index in [0.717, 1.165) is 40.1 Å². The maximum Gasteiger partial charge on any atom is 0.271 e. The van der Waals surface area contributed by atoms with Crippen LogP contribution in [0.2, 0.25) is 5.02 Å². The third kappa shape index (κ3) is 4.15. The van der Waals surface area contributed by atoms with Crippen molar-refractivity contribution in [3.05, 3.63) is 81.9 Å². The number of rotatable bonds is 5. The first-order chi connectivity index (χ1) is 16.5. The first kappa shape index (κ1) is 21.8. The summed E-state index contributed by atoms with van der Waals surface area (Å²) in [6.07, 6.45) is 6.65. The van der Waals surface area contributed by atoms with Gasteiger partial charge in [0.15, 0.2) is 0 Å². The average Bonchev–Trinajstić information content (AvgIpc) is 3.34. The van der Waals surface area contributed by atoms with Crippen molar-refractivity contribution in [2.75, 3.05) is 7.05 Å². The van der Waals surface area contributed by atoms with Crippen LogP contribution in [0.3, 0.4) is 0 Å². The number of halogens is 1. The Kier molecular flexibility index (Phi) is 5.68. The summed E-state index contributed by atoms with van der Waals surface area (Å²) in [5.41, 5.74) is 2.77. The van der Waals surface area contributed by atoms with Crippen molar-refractivity contribution >= 4 is 33.2 Å². The third-order valence-corrected chi connectivity index (χ3v) is 8.65. The number of hydrogen-bond donors (Lipinski definition) is 0. The molecule has 0 N–H and O–H groups in total. The first-order valence-corrected chi connectivity index (χ1v) is 13.0. The van der Waals surface area contributed by atoms with Gasteiger partial charge in [-0.05, 0) is 74.2 Å². The molecule has 0 aliphatic carbocycles. The van der Waals surface area contributed by atoms with E-state index in [2.05, 4.69) is 23.0 Å². The smallest absolute Gasteiger partial charge is 0.271 e. The fraction of sp³-hybridized carbons (Fsp3) is 0.333. The van der Waals surface area contributed by atoms with Gasteiger partial charge in [0.1, 0.15) is 16.6 Å². The molecule has 0 radical (unpaired) electrons. The molecule has 0 unspecified atom stereocenters. The highest BCUT2D eigenvalue weighted by molar-refractivity contribution is 7.22. The summed E-state index contributed by atoms with van der Waals surface area (Å²) in [5.74, 6) is 0.884. The maximum absolute atomic E-state index is 13.2. The molecule has 0 amide bonds. The summed E-state index contributed by atoms with van der Waals surface area (Å²) < 4.78 is 8.74. The number of thiophene rings is 1. The van der Waals surface area contributed by atoms with Crippen LogP contribution < -0.4 is 10.3 Å². The second-order valence-corrected chi connectivity index (χ2v) is 10.9. The lowest BCUT2D eigenvalue weighted by molar-refractivity contribution is 0.0661. The van der Waals surface area contributed by atoms with Gasteiger partial charge in [-0.15, -0.1) is 11.3 Å². The van der Waals surface area contributed by atoms with E-state index in [0.29, 0.717) is 28.4 Å². The molecule has 7 heteroatoms. The highest BCUT2D eigenvalue weighted by atomic mass is 35.5. The third-order valence-electron chi connectivity index (χ3n) is 7.24. The number of piperidine rings is 1. The summed E-state index contributed by atoms with van der Waals surface area (Å²) >= 11 is 7.49. The fourth-order valence-corrected chi connectivity index (χ4v) is 6.57. The van der Waals surface area contributed by atoms with Crippen LogP contribution in [0.4, 0.5) is 0 Å². The molecule has 174 valence electrons. The van der Waals surface area contributed by atoms with Gasteiger partial charge in [0.05, 0.1) is 18.4 Å². The SMILES string of the molecule is CN1[C@@H]2CC[C@H]1C[C@H](Oc1cccc(Cn3cnc4cc(-c5ccc(Cl)cc5)sc4c3=O)c1)C2. The first-order valence-electron chi connectivity index (χ1n) is 11.8.